The largest absolute Gasteiger partial charge is 0.329 e. The lowest BCUT2D eigenvalue weighted by atomic mass is 9.80. The molecule has 0 heterocycles. The number of likely N-dealkylation sites (N-methyl/N-ethyl adjacent to an activating group) is 1. The van der Waals surface area contributed by atoms with Gasteiger partial charge in [0.1, 0.15) is 0 Å². The van der Waals surface area contributed by atoms with Gasteiger partial charge in [0.25, 0.3) is 0 Å². The van der Waals surface area contributed by atoms with Crippen LogP contribution in [0.1, 0.15) is 58.8 Å². The van der Waals surface area contributed by atoms with Crippen molar-refractivity contribution in [1.29, 1.82) is 0 Å². The maximum atomic E-state index is 6.03. The SMILES string of the molecule is CC(C)CCCN(C)C1(CN)CCCCC1. The second kappa shape index (κ2) is 6.61. The second-order valence-corrected chi connectivity index (χ2v) is 5.95. The van der Waals surface area contributed by atoms with E-state index in [2.05, 4.69) is 25.8 Å². The minimum atomic E-state index is 0.329. The first-order chi connectivity index (χ1) is 7.60. The van der Waals surface area contributed by atoms with Gasteiger partial charge >= 0.3 is 0 Å². The van der Waals surface area contributed by atoms with E-state index >= 15 is 0 Å². The van der Waals surface area contributed by atoms with Crippen molar-refractivity contribution in [1.82, 2.24) is 4.90 Å². The van der Waals surface area contributed by atoms with Crippen LogP contribution in [0, 0.1) is 5.92 Å². The van der Waals surface area contributed by atoms with E-state index in [0.717, 1.165) is 12.5 Å². The number of rotatable bonds is 6. The Morgan fingerprint density at radius 2 is 1.81 bits per heavy atom. The van der Waals surface area contributed by atoms with Crippen LogP contribution in [0.3, 0.4) is 0 Å². The van der Waals surface area contributed by atoms with Crippen LogP contribution in [0.4, 0.5) is 0 Å². The van der Waals surface area contributed by atoms with Crippen LogP contribution >= 0.6 is 0 Å². The molecule has 0 aromatic rings. The van der Waals surface area contributed by atoms with Gasteiger partial charge in [-0.05, 0) is 45.2 Å². The highest BCUT2D eigenvalue weighted by atomic mass is 15.2. The molecule has 16 heavy (non-hydrogen) atoms. The fourth-order valence-corrected chi connectivity index (χ4v) is 2.93. The van der Waals surface area contributed by atoms with Gasteiger partial charge in [0.2, 0.25) is 0 Å². The molecule has 0 bridgehead atoms. The van der Waals surface area contributed by atoms with Crippen molar-refractivity contribution in [3.05, 3.63) is 0 Å². The Morgan fingerprint density at radius 3 is 2.31 bits per heavy atom. The summed E-state index contributed by atoms with van der Waals surface area (Å²) in [5.41, 5.74) is 6.36. The predicted octanol–water partition coefficient (Wildman–Crippen LogP) is 3.02. The molecule has 96 valence electrons. The average molecular weight is 226 g/mol. The van der Waals surface area contributed by atoms with Crippen LogP contribution in [0.15, 0.2) is 0 Å². The van der Waals surface area contributed by atoms with Crippen LogP contribution in [-0.2, 0) is 0 Å². The summed E-state index contributed by atoms with van der Waals surface area (Å²) < 4.78 is 0. The maximum absolute atomic E-state index is 6.03. The lowest BCUT2D eigenvalue weighted by Crippen LogP contribution is -2.53. The Morgan fingerprint density at radius 1 is 1.19 bits per heavy atom. The van der Waals surface area contributed by atoms with Gasteiger partial charge in [0, 0.05) is 12.1 Å². The minimum Gasteiger partial charge on any atom is -0.329 e. The van der Waals surface area contributed by atoms with Crippen molar-refractivity contribution in [3.8, 4) is 0 Å². The molecule has 1 aliphatic rings. The van der Waals surface area contributed by atoms with E-state index in [1.54, 1.807) is 0 Å². The monoisotopic (exact) mass is 226 g/mol. The molecule has 0 amide bonds. The van der Waals surface area contributed by atoms with Gasteiger partial charge < -0.3 is 5.73 Å². The van der Waals surface area contributed by atoms with Crippen molar-refractivity contribution in [2.75, 3.05) is 20.1 Å². The summed E-state index contributed by atoms with van der Waals surface area (Å²) in [6.45, 7) is 6.67. The Hall–Kier alpha value is -0.0800. The van der Waals surface area contributed by atoms with E-state index in [1.165, 1.54) is 51.5 Å². The number of hydrogen-bond donors (Lipinski definition) is 1. The highest BCUT2D eigenvalue weighted by molar-refractivity contribution is 4.92. The van der Waals surface area contributed by atoms with Crippen molar-refractivity contribution in [2.24, 2.45) is 11.7 Å². The van der Waals surface area contributed by atoms with E-state index in [0.29, 0.717) is 5.54 Å². The summed E-state index contributed by atoms with van der Waals surface area (Å²) >= 11 is 0. The maximum Gasteiger partial charge on any atom is 0.0328 e. The molecule has 0 radical (unpaired) electrons. The first-order valence-corrected chi connectivity index (χ1v) is 7.02. The van der Waals surface area contributed by atoms with E-state index in [1.807, 2.05) is 0 Å². The molecule has 0 saturated heterocycles. The molecule has 0 aromatic heterocycles. The summed E-state index contributed by atoms with van der Waals surface area (Å²) in [6, 6.07) is 0. The molecule has 1 fully saturated rings. The fourth-order valence-electron chi connectivity index (χ4n) is 2.93. The topological polar surface area (TPSA) is 29.3 Å². The van der Waals surface area contributed by atoms with Crippen molar-refractivity contribution in [2.45, 2.75) is 64.3 Å². The molecule has 0 spiro atoms. The summed E-state index contributed by atoms with van der Waals surface area (Å²) in [7, 11) is 2.28. The Bertz CT molecular complexity index is 183. The summed E-state index contributed by atoms with van der Waals surface area (Å²) in [5.74, 6) is 0.827. The van der Waals surface area contributed by atoms with Crippen LogP contribution in [0.2, 0.25) is 0 Å². The van der Waals surface area contributed by atoms with Crippen LogP contribution in [0.5, 0.6) is 0 Å². The lowest BCUT2D eigenvalue weighted by Gasteiger charge is -2.44. The Kier molecular flexibility index (Phi) is 5.77. The van der Waals surface area contributed by atoms with Crippen molar-refractivity contribution < 1.29 is 0 Å². The Labute approximate surface area is 102 Å². The van der Waals surface area contributed by atoms with Gasteiger partial charge in [-0.25, -0.2) is 0 Å². The first-order valence-electron chi connectivity index (χ1n) is 7.02. The molecular weight excluding hydrogens is 196 g/mol. The standard InChI is InChI=1S/C14H30N2/c1-13(2)8-7-11-16(3)14(12-15)9-5-4-6-10-14/h13H,4-12,15H2,1-3H3. The molecule has 2 nitrogen and oxygen atoms in total. The zero-order valence-electron chi connectivity index (χ0n) is 11.5. The van der Waals surface area contributed by atoms with Crippen LogP contribution in [-0.4, -0.2) is 30.6 Å². The molecule has 2 N–H and O–H groups in total. The summed E-state index contributed by atoms with van der Waals surface area (Å²) in [6.07, 6.45) is 9.41. The smallest absolute Gasteiger partial charge is 0.0328 e. The highest BCUT2D eigenvalue weighted by Crippen LogP contribution is 2.32. The molecule has 1 saturated carbocycles. The number of nitrogens with two attached hydrogens (primary N) is 1. The second-order valence-electron chi connectivity index (χ2n) is 5.95. The van der Waals surface area contributed by atoms with Gasteiger partial charge in [0.05, 0.1) is 0 Å². The summed E-state index contributed by atoms with van der Waals surface area (Å²) in [4.78, 5) is 2.55. The zero-order valence-corrected chi connectivity index (χ0v) is 11.5. The van der Waals surface area contributed by atoms with Crippen LogP contribution in [0.25, 0.3) is 0 Å². The van der Waals surface area contributed by atoms with Gasteiger partial charge in [-0.1, -0.05) is 33.1 Å². The molecule has 2 heteroatoms. The Balaban J connectivity index is 2.39. The van der Waals surface area contributed by atoms with E-state index in [9.17, 15) is 0 Å². The number of nitrogens with zero attached hydrogens (tertiary/aromatic N) is 1. The average Bonchev–Trinajstić information content (AvgIpc) is 2.29. The third-order valence-electron chi connectivity index (χ3n) is 4.25. The van der Waals surface area contributed by atoms with Crippen molar-refractivity contribution in [3.63, 3.8) is 0 Å². The predicted molar refractivity (Wildman–Crippen MR) is 71.6 cm³/mol. The van der Waals surface area contributed by atoms with Gasteiger partial charge in [-0.15, -0.1) is 0 Å². The molecule has 0 atom stereocenters. The van der Waals surface area contributed by atoms with Gasteiger partial charge in [-0.3, -0.25) is 4.90 Å². The third-order valence-corrected chi connectivity index (χ3v) is 4.25. The minimum absolute atomic E-state index is 0.329. The third kappa shape index (κ3) is 3.74. The first kappa shape index (κ1) is 14.0. The number of hydrogen-bond acceptors (Lipinski definition) is 2. The van der Waals surface area contributed by atoms with E-state index < -0.39 is 0 Å². The highest BCUT2D eigenvalue weighted by Gasteiger charge is 2.34. The molecule has 0 aliphatic heterocycles. The summed E-state index contributed by atoms with van der Waals surface area (Å²) in [5, 5.41) is 0. The van der Waals surface area contributed by atoms with Crippen LogP contribution < -0.4 is 5.73 Å². The normalized spacial score (nSPS) is 20.6. The molecule has 0 aromatic carbocycles. The molecular formula is C14H30N2. The van der Waals surface area contributed by atoms with E-state index in [4.69, 9.17) is 5.73 Å². The van der Waals surface area contributed by atoms with Gasteiger partial charge in [-0.2, -0.15) is 0 Å². The van der Waals surface area contributed by atoms with Gasteiger partial charge in [0.15, 0.2) is 0 Å². The molecule has 1 aliphatic carbocycles. The van der Waals surface area contributed by atoms with Crippen molar-refractivity contribution >= 4 is 0 Å². The zero-order chi connectivity index (χ0) is 12.0. The lowest BCUT2D eigenvalue weighted by molar-refractivity contribution is 0.0801. The fraction of sp³-hybridized carbons (Fsp3) is 1.00. The van der Waals surface area contributed by atoms with E-state index in [-0.39, 0.29) is 0 Å². The molecule has 1 rings (SSSR count). The molecule has 0 unspecified atom stereocenters. The quantitative estimate of drug-likeness (QED) is 0.754.